The van der Waals surface area contributed by atoms with Crippen molar-refractivity contribution in [2.45, 2.75) is 97.9 Å². The summed E-state index contributed by atoms with van der Waals surface area (Å²) in [5, 5.41) is 0. The molecule has 1 heterocycles. The standard InChI is InChI=1S/C21H39N/c1-19(2,3)18-8-6-17(7-9-18)16-20(4,5)22-14-12-21(10-11-21)13-15-22/h17-18H,6-16H2,1-5H3. The fourth-order valence-corrected chi connectivity index (χ4v) is 5.33. The summed E-state index contributed by atoms with van der Waals surface area (Å²) in [6.45, 7) is 15.1. The van der Waals surface area contributed by atoms with E-state index in [0.29, 0.717) is 11.0 Å². The molecule has 3 aliphatic rings. The molecule has 1 aliphatic heterocycles. The van der Waals surface area contributed by atoms with E-state index in [1.807, 2.05) is 0 Å². The molecular weight excluding hydrogens is 266 g/mol. The Hall–Kier alpha value is -0.0400. The highest BCUT2D eigenvalue weighted by molar-refractivity contribution is 4.99. The van der Waals surface area contributed by atoms with E-state index in [0.717, 1.165) is 17.3 Å². The Morgan fingerprint density at radius 3 is 1.82 bits per heavy atom. The van der Waals surface area contributed by atoms with Crippen molar-refractivity contribution in [3.63, 3.8) is 0 Å². The molecule has 1 saturated heterocycles. The number of piperidine rings is 1. The minimum absolute atomic E-state index is 0.426. The van der Waals surface area contributed by atoms with E-state index in [1.165, 1.54) is 70.9 Å². The van der Waals surface area contributed by atoms with Crippen LogP contribution in [-0.2, 0) is 0 Å². The van der Waals surface area contributed by atoms with Gasteiger partial charge in [0.1, 0.15) is 0 Å². The minimum atomic E-state index is 0.426. The van der Waals surface area contributed by atoms with Crippen LogP contribution in [0.4, 0.5) is 0 Å². The van der Waals surface area contributed by atoms with Gasteiger partial charge in [0, 0.05) is 5.54 Å². The lowest BCUT2D eigenvalue weighted by atomic mass is 9.68. The van der Waals surface area contributed by atoms with Gasteiger partial charge in [-0.2, -0.15) is 0 Å². The van der Waals surface area contributed by atoms with Crippen LogP contribution >= 0.6 is 0 Å². The minimum Gasteiger partial charge on any atom is -0.298 e. The van der Waals surface area contributed by atoms with Crippen molar-refractivity contribution in [2.24, 2.45) is 22.7 Å². The van der Waals surface area contributed by atoms with Crippen LogP contribution in [0.1, 0.15) is 92.4 Å². The Morgan fingerprint density at radius 1 is 0.818 bits per heavy atom. The Labute approximate surface area is 139 Å². The van der Waals surface area contributed by atoms with Gasteiger partial charge in [-0.25, -0.2) is 0 Å². The van der Waals surface area contributed by atoms with Crippen LogP contribution in [0.25, 0.3) is 0 Å². The number of hydrogen-bond acceptors (Lipinski definition) is 1. The summed E-state index contributed by atoms with van der Waals surface area (Å²) in [7, 11) is 0. The third-order valence-corrected chi connectivity index (χ3v) is 7.50. The molecule has 1 heteroatoms. The molecule has 3 rings (SSSR count). The molecule has 0 aromatic carbocycles. The Balaban J connectivity index is 1.48. The Kier molecular flexibility index (Phi) is 4.43. The molecule has 128 valence electrons. The molecule has 0 amide bonds. The van der Waals surface area contributed by atoms with Crippen LogP contribution in [-0.4, -0.2) is 23.5 Å². The number of rotatable bonds is 3. The lowest BCUT2D eigenvalue weighted by Crippen LogP contribution is -2.49. The molecular formula is C21H39N. The third kappa shape index (κ3) is 3.71. The molecule has 22 heavy (non-hydrogen) atoms. The zero-order valence-electron chi connectivity index (χ0n) is 15.9. The summed E-state index contributed by atoms with van der Waals surface area (Å²) in [6, 6.07) is 0. The lowest BCUT2D eigenvalue weighted by Gasteiger charge is -2.46. The molecule has 2 aliphatic carbocycles. The van der Waals surface area contributed by atoms with Crippen molar-refractivity contribution in [1.29, 1.82) is 0 Å². The zero-order chi connectivity index (χ0) is 16.0. The monoisotopic (exact) mass is 305 g/mol. The second-order valence-electron chi connectivity index (χ2n) is 10.6. The van der Waals surface area contributed by atoms with Crippen molar-refractivity contribution < 1.29 is 0 Å². The van der Waals surface area contributed by atoms with Crippen molar-refractivity contribution in [2.75, 3.05) is 13.1 Å². The summed E-state index contributed by atoms with van der Waals surface area (Å²) in [6.07, 6.45) is 13.3. The largest absolute Gasteiger partial charge is 0.298 e. The van der Waals surface area contributed by atoms with Gasteiger partial charge >= 0.3 is 0 Å². The van der Waals surface area contributed by atoms with Gasteiger partial charge in [0.05, 0.1) is 0 Å². The fourth-order valence-electron chi connectivity index (χ4n) is 5.33. The quantitative estimate of drug-likeness (QED) is 0.629. The fraction of sp³-hybridized carbons (Fsp3) is 1.00. The van der Waals surface area contributed by atoms with Crippen LogP contribution in [0.2, 0.25) is 0 Å². The molecule has 2 saturated carbocycles. The third-order valence-electron chi connectivity index (χ3n) is 7.50. The van der Waals surface area contributed by atoms with Crippen LogP contribution in [0.3, 0.4) is 0 Å². The highest BCUT2D eigenvalue weighted by atomic mass is 15.2. The van der Waals surface area contributed by atoms with Gasteiger partial charge in [-0.15, -0.1) is 0 Å². The molecule has 0 bridgehead atoms. The summed E-state index contributed by atoms with van der Waals surface area (Å²) in [5.74, 6) is 1.93. The van der Waals surface area contributed by atoms with Gasteiger partial charge < -0.3 is 0 Å². The van der Waals surface area contributed by atoms with Crippen LogP contribution < -0.4 is 0 Å². The maximum Gasteiger partial charge on any atom is 0.0155 e. The van der Waals surface area contributed by atoms with Gasteiger partial charge in [0.15, 0.2) is 0 Å². The van der Waals surface area contributed by atoms with E-state index >= 15 is 0 Å². The topological polar surface area (TPSA) is 3.24 Å². The predicted molar refractivity (Wildman–Crippen MR) is 96.1 cm³/mol. The van der Waals surface area contributed by atoms with E-state index in [9.17, 15) is 0 Å². The Bertz CT molecular complexity index is 367. The van der Waals surface area contributed by atoms with Gasteiger partial charge in [-0.05, 0) is 94.5 Å². The van der Waals surface area contributed by atoms with Crippen molar-refractivity contribution in [1.82, 2.24) is 4.90 Å². The second kappa shape index (κ2) is 5.80. The molecule has 1 nitrogen and oxygen atoms in total. The first-order valence-corrected chi connectivity index (χ1v) is 9.95. The van der Waals surface area contributed by atoms with Crippen molar-refractivity contribution in [3.05, 3.63) is 0 Å². The lowest BCUT2D eigenvalue weighted by molar-refractivity contribution is 0.0384. The summed E-state index contributed by atoms with van der Waals surface area (Å²) in [4.78, 5) is 2.83. The molecule has 0 atom stereocenters. The van der Waals surface area contributed by atoms with E-state index in [4.69, 9.17) is 0 Å². The highest BCUT2D eigenvalue weighted by Crippen LogP contribution is 2.54. The van der Waals surface area contributed by atoms with Crippen molar-refractivity contribution in [3.8, 4) is 0 Å². The highest BCUT2D eigenvalue weighted by Gasteiger charge is 2.46. The van der Waals surface area contributed by atoms with Gasteiger partial charge in [-0.3, -0.25) is 4.90 Å². The normalized spacial score (nSPS) is 33.1. The molecule has 0 aromatic rings. The number of hydrogen-bond donors (Lipinski definition) is 0. The zero-order valence-corrected chi connectivity index (χ0v) is 15.9. The maximum absolute atomic E-state index is 2.83. The number of nitrogens with zero attached hydrogens (tertiary/aromatic N) is 1. The molecule has 0 unspecified atom stereocenters. The van der Waals surface area contributed by atoms with Crippen LogP contribution in [0, 0.1) is 22.7 Å². The van der Waals surface area contributed by atoms with E-state index in [-0.39, 0.29) is 0 Å². The van der Waals surface area contributed by atoms with E-state index in [1.54, 1.807) is 0 Å². The first-order valence-electron chi connectivity index (χ1n) is 9.95. The van der Waals surface area contributed by atoms with Crippen LogP contribution in [0.15, 0.2) is 0 Å². The molecule has 3 fully saturated rings. The van der Waals surface area contributed by atoms with E-state index in [2.05, 4.69) is 39.5 Å². The first kappa shape index (κ1) is 16.8. The SMILES string of the molecule is CC(C)(C)C1CCC(CC(C)(C)N2CCC3(CC2)CC3)CC1. The summed E-state index contributed by atoms with van der Waals surface area (Å²) >= 11 is 0. The smallest absolute Gasteiger partial charge is 0.0155 e. The second-order valence-corrected chi connectivity index (χ2v) is 10.6. The average molecular weight is 306 g/mol. The Morgan fingerprint density at radius 2 is 1.36 bits per heavy atom. The molecule has 1 spiro atoms. The van der Waals surface area contributed by atoms with Gasteiger partial charge in [0.25, 0.3) is 0 Å². The van der Waals surface area contributed by atoms with Gasteiger partial charge in [0.2, 0.25) is 0 Å². The molecule has 0 radical (unpaired) electrons. The predicted octanol–water partition coefficient (Wildman–Crippen LogP) is 5.88. The summed E-state index contributed by atoms with van der Waals surface area (Å²) in [5.41, 5.74) is 1.76. The molecule has 0 aromatic heterocycles. The maximum atomic E-state index is 2.83. The average Bonchev–Trinajstić information content (AvgIpc) is 3.18. The van der Waals surface area contributed by atoms with Crippen molar-refractivity contribution >= 4 is 0 Å². The number of likely N-dealkylation sites (tertiary alicyclic amines) is 1. The van der Waals surface area contributed by atoms with Gasteiger partial charge in [-0.1, -0.05) is 33.6 Å². The summed E-state index contributed by atoms with van der Waals surface area (Å²) < 4.78 is 0. The van der Waals surface area contributed by atoms with Crippen LogP contribution in [0.5, 0.6) is 0 Å². The first-order chi connectivity index (χ1) is 10.2. The molecule has 0 N–H and O–H groups in total. The van der Waals surface area contributed by atoms with E-state index < -0.39 is 0 Å².